The number of benzene rings is 1. The van der Waals surface area contributed by atoms with Crippen molar-refractivity contribution >= 4 is 16.9 Å². The van der Waals surface area contributed by atoms with Crippen LogP contribution in [0.4, 0.5) is 13.2 Å². The second-order valence-electron chi connectivity index (χ2n) is 7.35. The van der Waals surface area contributed by atoms with Crippen LogP contribution in [0.3, 0.4) is 0 Å². The molecule has 29 heavy (non-hydrogen) atoms. The molecule has 1 N–H and O–H groups in total. The SMILES string of the molecule is CCCCOc1cc(C(F)(F)F)cc2cc(C(=O)NC3CCCCC3)c(=O)oc12. The van der Waals surface area contributed by atoms with Gasteiger partial charge in [-0.3, -0.25) is 4.79 Å². The van der Waals surface area contributed by atoms with Crippen molar-refractivity contribution in [3.8, 4) is 5.75 Å². The number of amides is 1. The lowest BCUT2D eigenvalue weighted by Gasteiger charge is -2.22. The third kappa shape index (κ3) is 5.10. The van der Waals surface area contributed by atoms with E-state index in [0.717, 1.165) is 56.7 Å². The molecule has 1 fully saturated rings. The van der Waals surface area contributed by atoms with Crippen LogP contribution in [-0.2, 0) is 6.18 Å². The van der Waals surface area contributed by atoms with Gasteiger partial charge in [0.1, 0.15) is 5.56 Å². The second kappa shape index (κ2) is 8.88. The molecule has 0 spiro atoms. The minimum Gasteiger partial charge on any atom is -0.490 e. The molecule has 2 aromatic rings. The first-order valence-electron chi connectivity index (χ1n) is 9.92. The van der Waals surface area contributed by atoms with Crippen molar-refractivity contribution < 1.29 is 27.1 Å². The maximum Gasteiger partial charge on any atom is 0.416 e. The van der Waals surface area contributed by atoms with Gasteiger partial charge in [-0.15, -0.1) is 0 Å². The number of halogens is 3. The Kier molecular flexibility index (Phi) is 6.49. The van der Waals surface area contributed by atoms with Crippen molar-refractivity contribution in [3.05, 3.63) is 39.7 Å². The Morgan fingerprint density at radius 2 is 1.93 bits per heavy atom. The molecule has 0 atom stereocenters. The lowest BCUT2D eigenvalue weighted by atomic mass is 9.95. The summed E-state index contributed by atoms with van der Waals surface area (Å²) in [6.45, 7) is 2.12. The molecule has 1 aromatic carbocycles. The Morgan fingerprint density at radius 1 is 1.21 bits per heavy atom. The summed E-state index contributed by atoms with van der Waals surface area (Å²) < 4.78 is 50.6. The van der Waals surface area contributed by atoms with Crippen molar-refractivity contribution in [1.29, 1.82) is 0 Å². The molecule has 1 aliphatic rings. The molecule has 158 valence electrons. The molecule has 1 aromatic heterocycles. The van der Waals surface area contributed by atoms with Crippen LogP contribution in [-0.4, -0.2) is 18.6 Å². The number of hydrogen-bond acceptors (Lipinski definition) is 4. The van der Waals surface area contributed by atoms with Gasteiger partial charge in [-0.2, -0.15) is 13.2 Å². The smallest absolute Gasteiger partial charge is 0.416 e. The van der Waals surface area contributed by atoms with Gasteiger partial charge in [0.15, 0.2) is 11.3 Å². The Balaban J connectivity index is 1.99. The standard InChI is InChI=1S/C21H24F3NO4/c1-2-3-9-28-17-12-14(21(22,23)24)10-13-11-16(20(27)29-18(13)17)19(26)25-15-7-5-4-6-8-15/h10-12,15H,2-9H2,1H3,(H,25,26). The number of nitrogens with one attached hydrogen (secondary N) is 1. The van der Waals surface area contributed by atoms with Crippen LogP contribution >= 0.6 is 0 Å². The Hall–Kier alpha value is -2.51. The van der Waals surface area contributed by atoms with Gasteiger partial charge >= 0.3 is 11.8 Å². The van der Waals surface area contributed by atoms with Crippen LogP contribution in [0.5, 0.6) is 5.75 Å². The van der Waals surface area contributed by atoms with Gasteiger partial charge in [-0.1, -0.05) is 32.6 Å². The zero-order chi connectivity index (χ0) is 21.0. The highest BCUT2D eigenvalue weighted by Gasteiger charge is 2.32. The van der Waals surface area contributed by atoms with Crippen LogP contribution < -0.4 is 15.7 Å². The van der Waals surface area contributed by atoms with Crippen molar-refractivity contribution in [3.63, 3.8) is 0 Å². The summed E-state index contributed by atoms with van der Waals surface area (Å²) in [5, 5.41) is 2.79. The summed E-state index contributed by atoms with van der Waals surface area (Å²) in [5.74, 6) is -0.780. The first-order valence-corrected chi connectivity index (χ1v) is 9.92. The summed E-state index contributed by atoms with van der Waals surface area (Å²) >= 11 is 0. The van der Waals surface area contributed by atoms with Gasteiger partial charge < -0.3 is 14.5 Å². The zero-order valence-electron chi connectivity index (χ0n) is 16.2. The molecule has 8 heteroatoms. The molecule has 1 amide bonds. The van der Waals surface area contributed by atoms with Gasteiger partial charge in [0.05, 0.1) is 12.2 Å². The van der Waals surface area contributed by atoms with Crippen LogP contribution in [0, 0.1) is 0 Å². The van der Waals surface area contributed by atoms with Crippen LogP contribution in [0.2, 0.25) is 0 Å². The number of carbonyl (C=O) groups excluding carboxylic acids is 1. The first-order chi connectivity index (χ1) is 13.8. The molecular weight excluding hydrogens is 387 g/mol. The van der Waals surface area contributed by atoms with E-state index >= 15 is 0 Å². The van der Waals surface area contributed by atoms with Crippen LogP contribution in [0.15, 0.2) is 27.4 Å². The van der Waals surface area contributed by atoms with Crippen molar-refractivity contribution in [2.75, 3.05) is 6.61 Å². The molecule has 0 aliphatic heterocycles. The highest BCUT2D eigenvalue weighted by Crippen LogP contribution is 2.36. The molecule has 1 aliphatic carbocycles. The van der Waals surface area contributed by atoms with Crippen LogP contribution in [0.25, 0.3) is 11.0 Å². The van der Waals surface area contributed by atoms with Crippen molar-refractivity contribution in [2.45, 2.75) is 64.1 Å². The van der Waals surface area contributed by atoms with Gasteiger partial charge in [0.2, 0.25) is 0 Å². The summed E-state index contributed by atoms with van der Waals surface area (Å²) in [7, 11) is 0. The van der Waals surface area contributed by atoms with Gasteiger partial charge in [0.25, 0.3) is 5.91 Å². The molecule has 0 radical (unpaired) electrons. The summed E-state index contributed by atoms with van der Waals surface area (Å²) in [4.78, 5) is 24.9. The van der Waals surface area contributed by atoms with Gasteiger partial charge in [-0.05, 0) is 37.5 Å². The van der Waals surface area contributed by atoms with Crippen LogP contribution in [0.1, 0.15) is 67.8 Å². The third-order valence-electron chi connectivity index (χ3n) is 5.07. The lowest BCUT2D eigenvalue weighted by molar-refractivity contribution is -0.137. The largest absolute Gasteiger partial charge is 0.490 e. The fourth-order valence-electron chi connectivity index (χ4n) is 3.47. The minimum atomic E-state index is -4.60. The van der Waals surface area contributed by atoms with E-state index in [-0.39, 0.29) is 34.9 Å². The third-order valence-corrected chi connectivity index (χ3v) is 5.07. The zero-order valence-corrected chi connectivity index (χ0v) is 16.2. The van der Waals surface area contributed by atoms with Crippen molar-refractivity contribution in [1.82, 2.24) is 5.32 Å². The fourth-order valence-corrected chi connectivity index (χ4v) is 3.47. The Labute approximate surface area is 166 Å². The minimum absolute atomic E-state index is 0.000261. The lowest BCUT2D eigenvalue weighted by Crippen LogP contribution is -2.38. The molecule has 1 heterocycles. The van der Waals surface area contributed by atoms with E-state index in [2.05, 4.69) is 5.32 Å². The number of fused-ring (bicyclic) bond motifs is 1. The summed E-state index contributed by atoms with van der Waals surface area (Å²) in [5.41, 5.74) is -2.22. The number of carbonyl (C=O) groups is 1. The highest BCUT2D eigenvalue weighted by atomic mass is 19.4. The van der Waals surface area contributed by atoms with E-state index in [0.29, 0.717) is 6.42 Å². The van der Waals surface area contributed by atoms with E-state index in [9.17, 15) is 22.8 Å². The van der Waals surface area contributed by atoms with Gasteiger partial charge in [0, 0.05) is 11.4 Å². The molecule has 0 unspecified atom stereocenters. The monoisotopic (exact) mass is 411 g/mol. The number of rotatable bonds is 6. The normalized spacial score (nSPS) is 15.4. The second-order valence-corrected chi connectivity index (χ2v) is 7.35. The molecule has 0 saturated heterocycles. The predicted molar refractivity (Wildman–Crippen MR) is 102 cm³/mol. The number of alkyl halides is 3. The number of unbranched alkanes of at least 4 members (excludes halogenated alkanes) is 1. The molecule has 5 nitrogen and oxygen atoms in total. The Bertz CT molecular complexity index is 930. The maximum absolute atomic E-state index is 13.3. The first kappa shape index (κ1) is 21.2. The maximum atomic E-state index is 13.3. The van der Waals surface area contributed by atoms with Gasteiger partial charge in [-0.25, -0.2) is 4.79 Å². The van der Waals surface area contributed by atoms with E-state index in [1.54, 1.807) is 0 Å². The Morgan fingerprint density at radius 3 is 2.59 bits per heavy atom. The topological polar surface area (TPSA) is 68.5 Å². The number of hydrogen-bond donors (Lipinski definition) is 1. The van der Waals surface area contributed by atoms with Crippen molar-refractivity contribution in [2.24, 2.45) is 0 Å². The quantitative estimate of drug-likeness (QED) is 0.533. The van der Waals surface area contributed by atoms with E-state index in [1.807, 2.05) is 6.92 Å². The predicted octanol–water partition coefficient (Wildman–Crippen LogP) is 5.05. The molecule has 0 bridgehead atoms. The highest BCUT2D eigenvalue weighted by molar-refractivity contribution is 5.97. The van der Waals surface area contributed by atoms with E-state index < -0.39 is 23.3 Å². The fraction of sp³-hybridized carbons (Fsp3) is 0.524. The average Bonchev–Trinajstić information content (AvgIpc) is 2.67. The molecular formula is C21H24F3NO4. The van der Waals surface area contributed by atoms with E-state index in [4.69, 9.17) is 9.15 Å². The molecule has 1 saturated carbocycles. The van der Waals surface area contributed by atoms with E-state index in [1.165, 1.54) is 0 Å². The summed E-state index contributed by atoms with van der Waals surface area (Å²) in [6, 6.07) is 2.80. The average molecular weight is 411 g/mol. The number of ether oxygens (including phenoxy) is 1. The molecule has 3 rings (SSSR count). The summed E-state index contributed by atoms with van der Waals surface area (Å²) in [6.07, 6.45) is 1.56.